The topological polar surface area (TPSA) is 50.4 Å². The lowest BCUT2D eigenvalue weighted by atomic mass is 10.2. The highest BCUT2D eigenvalue weighted by molar-refractivity contribution is 6.44. The van der Waals surface area contributed by atoms with Crippen LogP contribution in [0.25, 0.3) is 11.3 Å². The molecule has 0 atom stereocenters. The van der Waals surface area contributed by atoms with E-state index < -0.39 is 5.97 Å². The van der Waals surface area contributed by atoms with E-state index in [0.717, 1.165) is 0 Å². The van der Waals surface area contributed by atoms with Crippen LogP contribution in [0.3, 0.4) is 0 Å². The first-order valence-corrected chi connectivity index (χ1v) is 5.60. The van der Waals surface area contributed by atoms with Gasteiger partial charge in [-0.05, 0) is 24.3 Å². The van der Waals surface area contributed by atoms with E-state index in [2.05, 4.69) is 0 Å². The van der Waals surface area contributed by atoms with Crippen molar-refractivity contribution in [1.29, 1.82) is 0 Å². The Balaban J connectivity index is 2.52. The Kier molecular flexibility index (Phi) is 3.33. The minimum Gasteiger partial charge on any atom is -0.475 e. The number of aromatic carboxylic acids is 1. The first kappa shape index (κ1) is 12.3. The van der Waals surface area contributed by atoms with Gasteiger partial charge in [-0.25, -0.2) is 4.79 Å². The highest BCUT2D eigenvalue weighted by atomic mass is 35.5. The van der Waals surface area contributed by atoms with Crippen molar-refractivity contribution in [2.24, 2.45) is 0 Å². The molecule has 0 bridgehead atoms. The number of hydrogen-bond donors (Lipinski definition) is 1. The van der Waals surface area contributed by atoms with E-state index >= 15 is 0 Å². The quantitative estimate of drug-likeness (QED) is 0.822. The lowest BCUT2D eigenvalue weighted by Crippen LogP contribution is -1.91. The minimum atomic E-state index is -1.15. The zero-order chi connectivity index (χ0) is 12.6. The van der Waals surface area contributed by atoms with Crippen molar-refractivity contribution in [1.82, 2.24) is 0 Å². The van der Waals surface area contributed by atoms with Crippen molar-refractivity contribution < 1.29 is 14.3 Å². The number of rotatable bonds is 2. The number of benzene rings is 1. The predicted octanol–water partition coefficient (Wildman–Crippen LogP) is 4.61. The second kappa shape index (κ2) is 4.61. The summed E-state index contributed by atoms with van der Waals surface area (Å²) in [6.45, 7) is 0. The highest BCUT2D eigenvalue weighted by Gasteiger charge is 2.14. The maximum absolute atomic E-state index is 10.7. The maximum atomic E-state index is 10.7. The van der Waals surface area contributed by atoms with Gasteiger partial charge >= 0.3 is 5.97 Å². The molecule has 0 amide bonds. The molecule has 1 N–H and O–H groups in total. The van der Waals surface area contributed by atoms with Crippen LogP contribution in [0.2, 0.25) is 15.1 Å². The molecule has 0 saturated heterocycles. The van der Waals surface area contributed by atoms with Crippen LogP contribution < -0.4 is 0 Å². The van der Waals surface area contributed by atoms with Crippen LogP contribution in [0.1, 0.15) is 10.6 Å². The van der Waals surface area contributed by atoms with Gasteiger partial charge in [0, 0.05) is 5.56 Å². The molecule has 6 heteroatoms. The van der Waals surface area contributed by atoms with E-state index in [9.17, 15) is 4.79 Å². The second-order valence-electron chi connectivity index (χ2n) is 3.22. The average Bonchev–Trinajstić information content (AvgIpc) is 2.72. The number of hydrogen-bond acceptors (Lipinski definition) is 2. The van der Waals surface area contributed by atoms with Gasteiger partial charge in [0.05, 0.1) is 15.1 Å². The van der Waals surface area contributed by atoms with Gasteiger partial charge in [0.15, 0.2) is 0 Å². The predicted molar refractivity (Wildman–Crippen MR) is 66.1 cm³/mol. The van der Waals surface area contributed by atoms with E-state index in [-0.39, 0.29) is 5.76 Å². The van der Waals surface area contributed by atoms with Gasteiger partial charge in [-0.2, -0.15) is 0 Å². The van der Waals surface area contributed by atoms with Gasteiger partial charge in [-0.1, -0.05) is 34.8 Å². The number of halogens is 3. The van der Waals surface area contributed by atoms with Gasteiger partial charge in [0.1, 0.15) is 5.76 Å². The van der Waals surface area contributed by atoms with E-state index in [1.165, 1.54) is 24.3 Å². The zero-order valence-electron chi connectivity index (χ0n) is 8.21. The molecule has 17 heavy (non-hydrogen) atoms. The summed E-state index contributed by atoms with van der Waals surface area (Å²) in [5.41, 5.74) is 0.494. The van der Waals surface area contributed by atoms with Gasteiger partial charge in [0.25, 0.3) is 0 Å². The summed E-state index contributed by atoms with van der Waals surface area (Å²) in [5, 5.41) is 9.72. The van der Waals surface area contributed by atoms with Gasteiger partial charge in [0.2, 0.25) is 5.76 Å². The van der Waals surface area contributed by atoms with Crippen molar-refractivity contribution in [2.45, 2.75) is 0 Å². The molecule has 1 aromatic heterocycles. The SMILES string of the molecule is O=C(O)c1ccc(-c2cc(Cl)c(Cl)cc2Cl)o1. The van der Waals surface area contributed by atoms with Crippen molar-refractivity contribution in [3.05, 3.63) is 45.1 Å². The van der Waals surface area contributed by atoms with E-state index in [4.69, 9.17) is 44.3 Å². The monoisotopic (exact) mass is 290 g/mol. The van der Waals surface area contributed by atoms with Crippen LogP contribution in [0.5, 0.6) is 0 Å². The van der Waals surface area contributed by atoms with Gasteiger partial charge in [-0.3, -0.25) is 0 Å². The average molecular weight is 292 g/mol. The van der Waals surface area contributed by atoms with Gasteiger partial charge in [-0.15, -0.1) is 0 Å². The van der Waals surface area contributed by atoms with Gasteiger partial charge < -0.3 is 9.52 Å². The molecule has 0 saturated carbocycles. The molecule has 2 aromatic rings. The molecule has 0 radical (unpaired) electrons. The molecule has 0 unspecified atom stereocenters. The molecule has 0 aliphatic heterocycles. The highest BCUT2D eigenvalue weighted by Crippen LogP contribution is 2.35. The Hall–Kier alpha value is -1.16. The van der Waals surface area contributed by atoms with Crippen molar-refractivity contribution in [2.75, 3.05) is 0 Å². The summed E-state index contributed by atoms with van der Waals surface area (Å²) >= 11 is 17.6. The van der Waals surface area contributed by atoms with Crippen molar-refractivity contribution in [3.63, 3.8) is 0 Å². The third-order valence-electron chi connectivity index (χ3n) is 2.09. The molecule has 0 aliphatic carbocycles. The molecule has 3 nitrogen and oxygen atoms in total. The summed E-state index contributed by atoms with van der Waals surface area (Å²) in [7, 11) is 0. The fourth-order valence-corrected chi connectivity index (χ4v) is 1.95. The third kappa shape index (κ3) is 2.41. The number of carbonyl (C=O) groups is 1. The third-order valence-corrected chi connectivity index (χ3v) is 3.13. The van der Waals surface area contributed by atoms with Crippen LogP contribution in [0.15, 0.2) is 28.7 Å². The van der Waals surface area contributed by atoms with Crippen LogP contribution in [-0.2, 0) is 0 Å². The number of carboxylic acids is 1. The van der Waals surface area contributed by atoms with Crippen LogP contribution in [-0.4, -0.2) is 11.1 Å². The summed E-state index contributed by atoms with van der Waals surface area (Å²) in [6, 6.07) is 5.85. The largest absolute Gasteiger partial charge is 0.475 e. The fraction of sp³-hybridized carbons (Fsp3) is 0. The van der Waals surface area contributed by atoms with Crippen molar-refractivity contribution in [3.8, 4) is 11.3 Å². The fourth-order valence-electron chi connectivity index (χ4n) is 1.31. The Morgan fingerprint density at radius 3 is 2.29 bits per heavy atom. The molecule has 0 aliphatic rings. The Bertz CT molecular complexity index is 590. The smallest absolute Gasteiger partial charge is 0.371 e. The molecule has 0 spiro atoms. The molecule has 2 rings (SSSR count). The number of carboxylic acid groups (broad SMARTS) is 1. The molecule has 1 heterocycles. The Labute approximate surface area is 112 Å². The zero-order valence-corrected chi connectivity index (χ0v) is 10.5. The molecular weight excluding hydrogens is 286 g/mol. The van der Waals surface area contributed by atoms with E-state index in [1.54, 1.807) is 0 Å². The number of furan rings is 1. The minimum absolute atomic E-state index is 0.165. The first-order valence-electron chi connectivity index (χ1n) is 4.47. The molecular formula is C11H5Cl3O3. The normalized spacial score (nSPS) is 10.5. The van der Waals surface area contributed by atoms with E-state index in [1.807, 2.05) is 0 Å². The summed E-state index contributed by atoms with van der Waals surface area (Å²) in [6.07, 6.45) is 0. The summed E-state index contributed by atoms with van der Waals surface area (Å²) < 4.78 is 5.12. The summed E-state index contributed by atoms with van der Waals surface area (Å²) in [4.78, 5) is 10.7. The van der Waals surface area contributed by atoms with Crippen LogP contribution in [0.4, 0.5) is 0 Å². The second-order valence-corrected chi connectivity index (χ2v) is 4.44. The molecule has 88 valence electrons. The maximum Gasteiger partial charge on any atom is 0.371 e. The summed E-state index contributed by atoms with van der Waals surface area (Å²) in [5.74, 6) is -0.986. The lowest BCUT2D eigenvalue weighted by Gasteiger charge is -2.03. The van der Waals surface area contributed by atoms with Crippen molar-refractivity contribution >= 4 is 40.8 Å². The van der Waals surface area contributed by atoms with Crippen LogP contribution in [0, 0.1) is 0 Å². The molecule has 1 aromatic carbocycles. The van der Waals surface area contributed by atoms with Crippen LogP contribution >= 0.6 is 34.8 Å². The van der Waals surface area contributed by atoms with E-state index in [0.29, 0.717) is 26.4 Å². The standard InChI is InChI=1S/C11H5Cl3O3/c12-6-4-8(14)7(13)3-5(6)9-1-2-10(17-9)11(15)16/h1-4H,(H,15,16). The Morgan fingerprint density at radius 1 is 1.06 bits per heavy atom. The Morgan fingerprint density at radius 2 is 1.71 bits per heavy atom. The lowest BCUT2D eigenvalue weighted by molar-refractivity contribution is 0.0663. The first-order chi connectivity index (χ1) is 7.99. The molecule has 0 fully saturated rings.